The van der Waals surface area contributed by atoms with Crippen LogP contribution in [0.1, 0.15) is 0 Å². The third-order valence-corrected chi connectivity index (χ3v) is 4.05. The Bertz CT molecular complexity index is 581. The van der Waals surface area contributed by atoms with Crippen LogP contribution in [0.25, 0.3) is 0 Å². The Labute approximate surface area is 102 Å². The molecule has 0 amide bonds. The maximum Gasteiger partial charge on any atom is 0.262 e. The lowest BCUT2D eigenvalue weighted by atomic mass is 10.5. The van der Waals surface area contributed by atoms with Crippen LogP contribution < -0.4 is 4.72 Å². The molecule has 84 valence electrons. The highest BCUT2D eigenvalue weighted by atomic mass is 35.5. The van der Waals surface area contributed by atoms with Gasteiger partial charge in [-0.15, -0.1) is 0 Å². The van der Waals surface area contributed by atoms with Crippen LogP contribution in [0.4, 0.5) is 5.69 Å². The van der Waals surface area contributed by atoms with Crippen molar-refractivity contribution >= 4 is 38.6 Å². The quantitative estimate of drug-likeness (QED) is 0.875. The van der Waals surface area contributed by atoms with Gasteiger partial charge in [0.1, 0.15) is 5.15 Å². The van der Waals surface area contributed by atoms with Crippen molar-refractivity contribution in [2.24, 2.45) is 0 Å². The fourth-order valence-electron chi connectivity index (χ4n) is 1.09. The molecule has 0 fully saturated rings. The normalized spacial score (nSPS) is 11.3. The summed E-state index contributed by atoms with van der Waals surface area (Å²) >= 11 is 7.04. The van der Waals surface area contributed by atoms with Crippen molar-refractivity contribution in [2.75, 3.05) is 4.72 Å². The monoisotopic (exact) mass is 274 g/mol. The number of nitrogens with one attached hydrogen (secondary N) is 1. The molecule has 0 radical (unpaired) electrons. The molecule has 0 bridgehead atoms. The first-order chi connectivity index (χ1) is 7.58. The lowest BCUT2D eigenvalue weighted by Crippen LogP contribution is -2.12. The summed E-state index contributed by atoms with van der Waals surface area (Å²) in [7, 11) is -3.57. The van der Waals surface area contributed by atoms with Gasteiger partial charge in [-0.05, 0) is 23.6 Å². The summed E-state index contributed by atoms with van der Waals surface area (Å²) in [6, 6.07) is 4.38. The molecular formula is C9H7ClN2O2S2. The van der Waals surface area contributed by atoms with Crippen molar-refractivity contribution in [3.8, 4) is 0 Å². The van der Waals surface area contributed by atoms with E-state index >= 15 is 0 Å². The minimum Gasteiger partial charge on any atom is -0.279 e. The van der Waals surface area contributed by atoms with Crippen LogP contribution in [0, 0.1) is 0 Å². The SMILES string of the molecule is O=S(=O)(Nc1ccsc1)c1ccnc(Cl)c1. The molecule has 0 spiro atoms. The molecular weight excluding hydrogens is 268 g/mol. The van der Waals surface area contributed by atoms with E-state index in [0.29, 0.717) is 5.69 Å². The van der Waals surface area contributed by atoms with Gasteiger partial charge in [0, 0.05) is 11.6 Å². The number of anilines is 1. The van der Waals surface area contributed by atoms with Crippen LogP contribution in [-0.4, -0.2) is 13.4 Å². The van der Waals surface area contributed by atoms with Crippen molar-refractivity contribution in [2.45, 2.75) is 4.90 Å². The van der Waals surface area contributed by atoms with Gasteiger partial charge in [0.15, 0.2) is 0 Å². The van der Waals surface area contributed by atoms with E-state index in [-0.39, 0.29) is 10.0 Å². The van der Waals surface area contributed by atoms with E-state index in [4.69, 9.17) is 11.6 Å². The number of hydrogen-bond donors (Lipinski definition) is 1. The Morgan fingerprint density at radius 1 is 1.38 bits per heavy atom. The van der Waals surface area contributed by atoms with E-state index in [9.17, 15) is 8.42 Å². The van der Waals surface area contributed by atoms with Crippen LogP contribution in [0.5, 0.6) is 0 Å². The number of sulfonamides is 1. The maximum absolute atomic E-state index is 11.9. The Balaban J connectivity index is 2.33. The summed E-state index contributed by atoms with van der Waals surface area (Å²) in [4.78, 5) is 3.82. The second-order valence-corrected chi connectivity index (χ2v) is 5.78. The summed E-state index contributed by atoms with van der Waals surface area (Å²) in [6.45, 7) is 0. The molecule has 0 aromatic carbocycles. The Kier molecular flexibility index (Phi) is 3.13. The van der Waals surface area contributed by atoms with E-state index < -0.39 is 10.0 Å². The standard InChI is InChI=1S/C9H7ClN2O2S2/c10-9-5-8(1-3-11-9)16(13,14)12-7-2-4-15-6-7/h1-6,12H. The first kappa shape index (κ1) is 11.4. The molecule has 2 rings (SSSR count). The molecule has 4 nitrogen and oxygen atoms in total. The highest BCUT2D eigenvalue weighted by Gasteiger charge is 2.14. The van der Waals surface area contributed by atoms with Gasteiger partial charge in [-0.1, -0.05) is 11.6 Å². The number of thiophene rings is 1. The molecule has 0 aliphatic heterocycles. The Morgan fingerprint density at radius 2 is 2.19 bits per heavy atom. The lowest BCUT2D eigenvalue weighted by Gasteiger charge is -2.05. The maximum atomic E-state index is 11.9. The molecule has 2 aromatic rings. The van der Waals surface area contributed by atoms with Gasteiger partial charge in [-0.3, -0.25) is 4.72 Å². The Morgan fingerprint density at radius 3 is 2.81 bits per heavy atom. The predicted octanol–water partition coefficient (Wildman–Crippen LogP) is 2.60. The van der Waals surface area contributed by atoms with Crippen LogP contribution in [0.3, 0.4) is 0 Å². The van der Waals surface area contributed by atoms with Gasteiger partial charge in [0.2, 0.25) is 0 Å². The fourth-order valence-corrected chi connectivity index (χ4v) is 3.05. The predicted molar refractivity (Wildman–Crippen MR) is 64.4 cm³/mol. The zero-order valence-electron chi connectivity index (χ0n) is 7.92. The summed E-state index contributed by atoms with van der Waals surface area (Å²) < 4.78 is 26.2. The fraction of sp³-hybridized carbons (Fsp3) is 0. The summed E-state index contributed by atoms with van der Waals surface area (Å²) in [5.41, 5.74) is 0.540. The van der Waals surface area contributed by atoms with Crippen molar-refractivity contribution in [1.29, 1.82) is 0 Å². The first-order valence-corrected chi connectivity index (χ1v) is 7.05. The zero-order valence-corrected chi connectivity index (χ0v) is 10.3. The van der Waals surface area contributed by atoms with Gasteiger partial charge >= 0.3 is 0 Å². The number of aromatic nitrogens is 1. The number of pyridine rings is 1. The molecule has 1 N–H and O–H groups in total. The van der Waals surface area contributed by atoms with Crippen molar-refractivity contribution in [3.63, 3.8) is 0 Å². The molecule has 0 atom stereocenters. The topological polar surface area (TPSA) is 59.1 Å². The largest absolute Gasteiger partial charge is 0.279 e. The minimum absolute atomic E-state index is 0.0960. The smallest absolute Gasteiger partial charge is 0.262 e. The van der Waals surface area contributed by atoms with E-state index in [1.807, 2.05) is 0 Å². The zero-order chi connectivity index (χ0) is 11.6. The van der Waals surface area contributed by atoms with Gasteiger partial charge in [-0.2, -0.15) is 11.3 Å². The molecule has 2 heterocycles. The van der Waals surface area contributed by atoms with E-state index in [0.717, 1.165) is 0 Å². The summed E-state index contributed by atoms with van der Waals surface area (Å²) in [5.74, 6) is 0. The van der Waals surface area contributed by atoms with Crippen LogP contribution in [-0.2, 0) is 10.0 Å². The lowest BCUT2D eigenvalue weighted by molar-refractivity contribution is 0.601. The highest BCUT2D eigenvalue weighted by molar-refractivity contribution is 7.92. The Hall–Kier alpha value is -1.11. The van der Waals surface area contributed by atoms with Crippen molar-refractivity contribution in [1.82, 2.24) is 4.98 Å². The van der Waals surface area contributed by atoms with Gasteiger partial charge < -0.3 is 0 Å². The molecule has 0 aliphatic carbocycles. The second-order valence-electron chi connectivity index (χ2n) is 2.93. The second kappa shape index (κ2) is 4.40. The van der Waals surface area contributed by atoms with Crippen LogP contribution >= 0.6 is 22.9 Å². The minimum atomic E-state index is -3.57. The number of nitrogens with zero attached hydrogens (tertiary/aromatic N) is 1. The molecule has 0 saturated carbocycles. The molecule has 0 saturated heterocycles. The molecule has 0 aliphatic rings. The van der Waals surface area contributed by atoms with Gasteiger partial charge in [0.25, 0.3) is 10.0 Å². The van der Waals surface area contributed by atoms with Gasteiger partial charge in [0.05, 0.1) is 10.6 Å². The van der Waals surface area contributed by atoms with Crippen LogP contribution in [0.15, 0.2) is 40.1 Å². The third-order valence-electron chi connectivity index (χ3n) is 1.78. The molecule has 0 unspecified atom stereocenters. The summed E-state index contributed by atoms with van der Waals surface area (Å²) in [5, 5.41) is 3.64. The molecule has 7 heteroatoms. The first-order valence-electron chi connectivity index (χ1n) is 4.24. The number of hydrogen-bond acceptors (Lipinski definition) is 4. The highest BCUT2D eigenvalue weighted by Crippen LogP contribution is 2.19. The van der Waals surface area contributed by atoms with E-state index in [2.05, 4.69) is 9.71 Å². The van der Waals surface area contributed by atoms with E-state index in [1.54, 1.807) is 16.8 Å². The average Bonchev–Trinajstić information content (AvgIpc) is 2.70. The molecule has 2 aromatic heterocycles. The molecule has 16 heavy (non-hydrogen) atoms. The van der Waals surface area contributed by atoms with Crippen LogP contribution in [0.2, 0.25) is 5.15 Å². The van der Waals surface area contributed by atoms with E-state index in [1.165, 1.54) is 29.7 Å². The average molecular weight is 275 g/mol. The summed E-state index contributed by atoms with van der Waals surface area (Å²) in [6.07, 6.45) is 1.35. The number of halogens is 1. The van der Waals surface area contributed by atoms with Gasteiger partial charge in [-0.25, -0.2) is 13.4 Å². The van der Waals surface area contributed by atoms with Crippen molar-refractivity contribution in [3.05, 3.63) is 40.3 Å². The third kappa shape index (κ3) is 2.52. The van der Waals surface area contributed by atoms with Crippen molar-refractivity contribution < 1.29 is 8.42 Å². The number of rotatable bonds is 3.